The van der Waals surface area contributed by atoms with Crippen LogP contribution in [0.1, 0.15) is 22.8 Å². The molecule has 0 heterocycles. The molecular formula is C12H18Cl2N2O. The van der Waals surface area contributed by atoms with E-state index in [-0.39, 0.29) is 24.4 Å². The summed E-state index contributed by atoms with van der Waals surface area (Å²) in [7, 11) is 1.74. The molecule has 0 saturated carbocycles. The van der Waals surface area contributed by atoms with Gasteiger partial charge in [-0.1, -0.05) is 17.7 Å². The van der Waals surface area contributed by atoms with Crippen LogP contribution in [0.3, 0.4) is 0 Å². The fourth-order valence-electron chi connectivity index (χ4n) is 1.29. The Bertz CT molecular complexity index is 396. The number of aryl methyl sites for hydroxylation is 1. The summed E-state index contributed by atoms with van der Waals surface area (Å²) in [6.07, 6.45) is 0. The van der Waals surface area contributed by atoms with Crippen molar-refractivity contribution in [1.29, 1.82) is 0 Å². The molecule has 0 radical (unpaired) electrons. The molecule has 2 N–H and O–H groups in total. The topological polar surface area (TPSA) is 46.3 Å². The molecule has 1 unspecified atom stereocenters. The molecule has 1 atom stereocenters. The zero-order valence-electron chi connectivity index (χ0n) is 10.2. The molecule has 96 valence electrons. The molecule has 1 rings (SSSR count). The maximum Gasteiger partial charge on any atom is 0.253 e. The third-order valence-electron chi connectivity index (χ3n) is 2.74. The molecule has 5 heteroatoms. The summed E-state index contributed by atoms with van der Waals surface area (Å²) >= 11 is 5.98. The van der Waals surface area contributed by atoms with Gasteiger partial charge in [-0.3, -0.25) is 4.79 Å². The van der Waals surface area contributed by atoms with Gasteiger partial charge in [0.25, 0.3) is 5.91 Å². The predicted molar refractivity (Wildman–Crippen MR) is 74.0 cm³/mol. The largest absolute Gasteiger partial charge is 0.338 e. The Hall–Kier alpha value is -0.770. The Kier molecular flexibility index (Phi) is 6.53. The molecule has 1 aromatic rings. The molecule has 0 aromatic heterocycles. The third-order valence-corrected chi connectivity index (χ3v) is 3.15. The average molecular weight is 277 g/mol. The lowest BCUT2D eigenvalue weighted by molar-refractivity contribution is 0.0748. The minimum absolute atomic E-state index is 0. The van der Waals surface area contributed by atoms with Gasteiger partial charge >= 0.3 is 0 Å². The smallest absolute Gasteiger partial charge is 0.253 e. The summed E-state index contributed by atoms with van der Waals surface area (Å²) in [5.74, 6) is -0.0557. The molecule has 0 fully saturated rings. The average Bonchev–Trinajstić information content (AvgIpc) is 2.29. The van der Waals surface area contributed by atoms with Crippen molar-refractivity contribution in [3.63, 3.8) is 0 Å². The fraction of sp³-hybridized carbons (Fsp3) is 0.417. The zero-order chi connectivity index (χ0) is 12.3. The first-order valence-corrected chi connectivity index (χ1v) is 5.58. The number of hydrogen-bond acceptors (Lipinski definition) is 2. The highest BCUT2D eigenvalue weighted by Crippen LogP contribution is 2.18. The summed E-state index contributed by atoms with van der Waals surface area (Å²) in [5, 5.41) is 0.611. The number of nitrogens with zero attached hydrogens (tertiary/aromatic N) is 1. The number of carbonyl (C=O) groups is 1. The first kappa shape index (κ1) is 16.2. The molecule has 0 aliphatic heterocycles. The molecule has 1 aromatic carbocycles. The van der Waals surface area contributed by atoms with E-state index >= 15 is 0 Å². The lowest BCUT2D eigenvalue weighted by Crippen LogP contribution is -2.39. The maximum absolute atomic E-state index is 12.0. The first-order chi connectivity index (χ1) is 7.47. The lowest BCUT2D eigenvalue weighted by Gasteiger charge is -2.23. The molecule has 1 amide bonds. The lowest BCUT2D eigenvalue weighted by atomic mass is 10.1. The van der Waals surface area contributed by atoms with Crippen LogP contribution in [-0.2, 0) is 0 Å². The Morgan fingerprint density at radius 3 is 2.59 bits per heavy atom. The van der Waals surface area contributed by atoms with E-state index in [0.29, 0.717) is 17.1 Å². The number of likely N-dealkylation sites (N-methyl/N-ethyl adjacent to an activating group) is 1. The SMILES string of the molecule is Cc1ccc(C(=O)N(C)C(C)CN)cc1Cl.Cl. The monoisotopic (exact) mass is 276 g/mol. The summed E-state index contributed by atoms with van der Waals surface area (Å²) in [6.45, 7) is 4.26. The van der Waals surface area contributed by atoms with Crippen LogP contribution in [0.25, 0.3) is 0 Å². The summed E-state index contributed by atoms with van der Waals surface area (Å²) < 4.78 is 0. The summed E-state index contributed by atoms with van der Waals surface area (Å²) in [5.41, 5.74) is 7.08. The Labute approximate surface area is 113 Å². The molecule has 0 saturated heterocycles. The van der Waals surface area contributed by atoms with Gasteiger partial charge in [0.2, 0.25) is 0 Å². The van der Waals surface area contributed by atoms with Gasteiger partial charge in [0.05, 0.1) is 0 Å². The van der Waals surface area contributed by atoms with Crippen LogP contribution in [0.15, 0.2) is 18.2 Å². The first-order valence-electron chi connectivity index (χ1n) is 5.20. The fourth-order valence-corrected chi connectivity index (χ4v) is 1.47. The second-order valence-electron chi connectivity index (χ2n) is 3.96. The van der Waals surface area contributed by atoms with Crippen molar-refractivity contribution in [2.75, 3.05) is 13.6 Å². The molecule has 0 spiro atoms. The Balaban J connectivity index is 0.00000256. The molecule has 17 heavy (non-hydrogen) atoms. The van der Waals surface area contributed by atoms with Crippen LogP contribution in [0.2, 0.25) is 5.02 Å². The number of nitrogens with two attached hydrogens (primary N) is 1. The van der Waals surface area contributed by atoms with Crippen LogP contribution in [0.4, 0.5) is 0 Å². The van der Waals surface area contributed by atoms with E-state index in [1.165, 1.54) is 0 Å². The zero-order valence-corrected chi connectivity index (χ0v) is 11.8. The predicted octanol–water partition coefficient (Wildman–Crippen LogP) is 2.49. The summed E-state index contributed by atoms with van der Waals surface area (Å²) in [4.78, 5) is 13.6. The van der Waals surface area contributed by atoms with Crippen molar-refractivity contribution in [1.82, 2.24) is 4.90 Å². The van der Waals surface area contributed by atoms with Crippen LogP contribution < -0.4 is 5.73 Å². The Morgan fingerprint density at radius 1 is 1.53 bits per heavy atom. The maximum atomic E-state index is 12.0. The van der Waals surface area contributed by atoms with E-state index < -0.39 is 0 Å². The normalized spacial score (nSPS) is 11.6. The molecule has 0 aliphatic carbocycles. The van der Waals surface area contributed by atoms with Crippen molar-refractivity contribution in [3.05, 3.63) is 34.3 Å². The van der Waals surface area contributed by atoms with Gasteiger partial charge in [0, 0.05) is 30.2 Å². The van der Waals surface area contributed by atoms with Gasteiger partial charge in [-0.15, -0.1) is 12.4 Å². The number of benzene rings is 1. The van der Waals surface area contributed by atoms with Crippen LogP contribution in [0.5, 0.6) is 0 Å². The minimum atomic E-state index is -0.0557. The van der Waals surface area contributed by atoms with Crippen molar-refractivity contribution < 1.29 is 4.79 Å². The van der Waals surface area contributed by atoms with E-state index in [1.54, 1.807) is 24.1 Å². The molecular weight excluding hydrogens is 259 g/mol. The van der Waals surface area contributed by atoms with Crippen LogP contribution >= 0.6 is 24.0 Å². The van der Waals surface area contributed by atoms with E-state index in [4.69, 9.17) is 17.3 Å². The van der Waals surface area contributed by atoms with Gasteiger partial charge in [-0.2, -0.15) is 0 Å². The second-order valence-corrected chi connectivity index (χ2v) is 4.37. The van der Waals surface area contributed by atoms with E-state index in [0.717, 1.165) is 5.56 Å². The minimum Gasteiger partial charge on any atom is -0.338 e. The number of halogens is 2. The van der Waals surface area contributed by atoms with Gasteiger partial charge in [-0.05, 0) is 31.5 Å². The quantitative estimate of drug-likeness (QED) is 0.922. The van der Waals surface area contributed by atoms with Crippen LogP contribution in [-0.4, -0.2) is 30.4 Å². The number of hydrogen-bond donors (Lipinski definition) is 1. The number of rotatable bonds is 3. The van der Waals surface area contributed by atoms with Crippen molar-refractivity contribution in [2.45, 2.75) is 19.9 Å². The van der Waals surface area contributed by atoms with Gasteiger partial charge < -0.3 is 10.6 Å². The number of carbonyl (C=O) groups excluding carboxylic acids is 1. The van der Waals surface area contributed by atoms with E-state index in [1.807, 2.05) is 19.9 Å². The summed E-state index contributed by atoms with van der Waals surface area (Å²) in [6, 6.07) is 5.34. The molecule has 0 aliphatic rings. The highest BCUT2D eigenvalue weighted by molar-refractivity contribution is 6.31. The highest BCUT2D eigenvalue weighted by Gasteiger charge is 2.16. The Morgan fingerprint density at radius 2 is 2.12 bits per heavy atom. The van der Waals surface area contributed by atoms with Crippen molar-refractivity contribution in [3.8, 4) is 0 Å². The third kappa shape index (κ3) is 3.87. The molecule has 0 bridgehead atoms. The van der Waals surface area contributed by atoms with Crippen molar-refractivity contribution in [2.24, 2.45) is 5.73 Å². The number of amides is 1. The molecule has 3 nitrogen and oxygen atoms in total. The van der Waals surface area contributed by atoms with Gasteiger partial charge in [0.1, 0.15) is 0 Å². The highest BCUT2D eigenvalue weighted by atomic mass is 35.5. The van der Waals surface area contributed by atoms with Crippen molar-refractivity contribution >= 4 is 29.9 Å². The van der Waals surface area contributed by atoms with Gasteiger partial charge in [0.15, 0.2) is 0 Å². The van der Waals surface area contributed by atoms with E-state index in [9.17, 15) is 4.79 Å². The van der Waals surface area contributed by atoms with Gasteiger partial charge in [-0.25, -0.2) is 0 Å². The second kappa shape index (κ2) is 6.84. The standard InChI is InChI=1S/C12H17ClN2O.ClH/c1-8-4-5-10(6-11(8)13)12(16)15(3)9(2)7-14;/h4-6,9H,7,14H2,1-3H3;1H. The van der Waals surface area contributed by atoms with Crippen LogP contribution in [0, 0.1) is 6.92 Å². The van der Waals surface area contributed by atoms with E-state index in [2.05, 4.69) is 0 Å².